The van der Waals surface area contributed by atoms with Crippen molar-refractivity contribution in [1.29, 1.82) is 0 Å². The van der Waals surface area contributed by atoms with Gasteiger partial charge in [-0.3, -0.25) is 0 Å². The van der Waals surface area contributed by atoms with Gasteiger partial charge < -0.3 is 4.90 Å². The molecule has 0 fully saturated rings. The highest BCUT2D eigenvalue weighted by atomic mass is 15.3. The highest BCUT2D eigenvalue weighted by Gasteiger charge is 2.42. The first-order valence-corrected chi connectivity index (χ1v) is 15.1. The molecule has 0 radical (unpaired) electrons. The first-order chi connectivity index (χ1) is 20.6. The monoisotopic (exact) mass is 541 g/mol. The fourth-order valence-electron chi connectivity index (χ4n) is 7.81. The quantitative estimate of drug-likeness (QED) is 0.223. The number of rotatable bonds is 2. The Morgan fingerprint density at radius 3 is 2.48 bits per heavy atom. The second kappa shape index (κ2) is 8.62. The summed E-state index contributed by atoms with van der Waals surface area (Å²) in [4.78, 5) is 13.2. The maximum atomic E-state index is 5.39. The van der Waals surface area contributed by atoms with Crippen molar-refractivity contribution in [3.05, 3.63) is 137 Å². The summed E-state index contributed by atoms with van der Waals surface area (Å²) in [6, 6.07) is 28.8. The minimum atomic E-state index is -0.0833. The van der Waals surface area contributed by atoms with Gasteiger partial charge in [-0.25, -0.2) is 9.97 Å². The lowest BCUT2D eigenvalue weighted by molar-refractivity contribution is 0.660. The summed E-state index contributed by atoms with van der Waals surface area (Å²) < 4.78 is 0. The van der Waals surface area contributed by atoms with Gasteiger partial charge in [-0.15, -0.1) is 0 Å². The SMILES string of the molecule is CC1(C)c2ccccc2-c2ccc(-c3nc4ccccc4nc3N3c4ccc5c(c4C4C=CC=CC43)C=CCC5)cc21. The molecule has 2 atom stereocenters. The van der Waals surface area contributed by atoms with Gasteiger partial charge >= 0.3 is 0 Å². The molecule has 3 heteroatoms. The summed E-state index contributed by atoms with van der Waals surface area (Å²) in [5, 5.41) is 0. The van der Waals surface area contributed by atoms with Crippen LogP contribution in [0.1, 0.15) is 54.0 Å². The van der Waals surface area contributed by atoms with E-state index in [1.165, 1.54) is 44.6 Å². The number of aryl methyl sites for hydroxylation is 1. The Hall–Kier alpha value is -4.76. The molecule has 42 heavy (non-hydrogen) atoms. The molecule has 0 N–H and O–H groups in total. The molecule has 3 aliphatic carbocycles. The van der Waals surface area contributed by atoms with Crippen LogP contribution in [-0.4, -0.2) is 16.0 Å². The lowest BCUT2D eigenvalue weighted by Crippen LogP contribution is -2.30. The molecule has 5 aromatic rings. The van der Waals surface area contributed by atoms with E-state index in [0.717, 1.165) is 41.0 Å². The predicted molar refractivity (Wildman–Crippen MR) is 173 cm³/mol. The van der Waals surface area contributed by atoms with E-state index in [-0.39, 0.29) is 17.4 Å². The number of hydrogen-bond donors (Lipinski definition) is 0. The van der Waals surface area contributed by atoms with Gasteiger partial charge in [-0.1, -0.05) is 105 Å². The summed E-state index contributed by atoms with van der Waals surface area (Å²) in [7, 11) is 0. The Kier molecular flexibility index (Phi) is 4.91. The largest absolute Gasteiger partial charge is 0.316 e. The normalized spacial score (nSPS) is 20.3. The minimum Gasteiger partial charge on any atom is -0.316 e. The van der Waals surface area contributed by atoms with Gasteiger partial charge in [0.1, 0.15) is 5.69 Å². The Morgan fingerprint density at radius 2 is 1.57 bits per heavy atom. The van der Waals surface area contributed by atoms with Crippen molar-refractivity contribution >= 4 is 28.6 Å². The lowest BCUT2D eigenvalue weighted by Gasteiger charge is -2.29. The second-order valence-electron chi connectivity index (χ2n) is 12.5. The van der Waals surface area contributed by atoms with Crippen molar-refractivity contribution in [2.24, 2.45) is 0 Å². The van der Waals surface area contributed by atoms with Crippen LogP contribution in [0.15, 0.2) is 109 Å². The van der Waals surface area contributed by atoms with E-state index < -0.39 is 0 Å². The van der Waals surface area contributed by atoms with Gasteiger partial charge in [0, 0.05) is 22.6 Å². The Bertz CT molecular complexity index is 2040. The number of para-hydroxylation sites is 2. The Balaban J connectivity index is 1.29. The van der Waals surface area contributed by atoms with Crippen LogP contribution in [0, 0.1) is 0 Å². The van der Waals surface area contributed by atoms with Crippen molar-refractivity contribution in [2.75, 3.05) is 4.90 Å². The first kappa shape index (κ1) is 23.9. The second-order valence-corrected chi connectivity index (χ2v) is 12.5. The number of hydrogen-bond acceptors (Lipinski definition) is 3. The zero-order valence-corrected chi connectivity index (χ0v) is 23.9. The van der Waals surface area contributed by atoms with Crippen LogP contribution in [0.25, 0.3) is 39.5 Å². The fourth-order valence-corrected chi connectivity index (χ4v) is 7.81. The molecule has 3 nitrogen and oxygen atoms in total. The van der Waals surface area contributed by atoms with E-state index in [0.29, 0.717) is 0 Å². The molecular formula is C39H31N3. The van der Waals surface area contributed by atoms with Crippen LogP contribution in [0.2, 0.25) is 0 Å². The van der Waals surface area contributed by atoms with Crippen molar-refractivity contribution in [2.45, 2.75) is 44.1 Å². The van der Waals surface area contributed by atoms with Crippen LogP contribution in [0.4, 0.5) is 11.5 Å². The summed E-state index contributed by atoms with van der Waals surface area (Å²) >= 11 is 0. The predicted octanol–water partition coefficient (Wildman–Crippen LogP) is 9.29. The molecule has 0 amide bonds. The molecular weight excluding hydrogens is 510 g/mol. The topological polar surface area (TPSA) is 29.0 Å². The number of fused-ring (bicyclic) bond motifs is 9. The van der Waals surface area contributed by atoms with Gasteiger partial charge in [-0.2, -0.15) is 0 Å². The molecule has 2 heterocycles. The third-order valence-electron chi connectivity index (χ3n) is 9.85. The standard InChI is InChI=1S/C39H31N3/c1-39(2)30-15-7-5-13-27(30)28-21-19-25(23-31(28)39)37-38(41-33-17-9-8-16-32(33)40-37)42-34-18-10-6-14-29(34)36-26-12-4-3-11-24(26)20-22-35(36)42/h4-10,12-23,29,34H,3,11H2,1-2H3. The molecule has 0 saturated carbocycles. The zero-order valence-electron chi connectivity index (χ0n) is 23.9. The molecule has 1 aromatic heterocycles. The number of nitrogens with zero attached hydrogens (tertiary/aromatic N) is 3. The lowest BCUT2D eigenvalue weighted by atomic mass is 9.82. The Morgan fingerprint density at radius 1 is 0.786 bits per heavy atom. The molecule has 2 unspecified atom stereocenters. The van der Waals surface area contributed by atoms with E-state index in [1.807, 2.05) is 0 Å². The molecule has 9 rings (SSSR count). The molecule has 1 aliphatic heterocycles. The number of allylic oxidation sites excluding steroid dienone is 3. The first-order valence-electron chi connectivity index (χ1n) is 15.1. The van der Waals surface area contributed by atoms with Crippen LogP contribution >= 0.6 is 0 Å². The Labute approximate surface area is 246 Å². The van der Waals surface area contributed by atoms with Crippen molar-refractivity contribution < 1.29 is 0 Å². The average molecular weight is 542 g/mol. The van der Waals surface area contributed by atoms with Gasteiger partial charge in [-0.05, 0) is 76.1 Å². The third-order valence-corrected chi connectivity index (χ3v) is 9.85. The van der Waals surface area contributed by atoms with Crippen molar-refractivity contribution in [3.63, 3.8) is 0 Å². The highest BCUT2D eigenvalue weighted by Crippen LogP contribution is 2.53. The van der Waals surface area contributed by atoms with E-state index in [9.17, 15) is 0 Å². The van der Waals surface area contributed by atoms with Crippen LogP contribution in [0.3, 0.4) is 0 Å². The molecule has 4 aromatic carbocycles. The van der Waals surface area contributed by atoms with E-state index in [2.05, 4.69) is 134 Å². The number of aromatic nitrogens is 2. The number of benzene rings is 4. The van der Waals surface area contributed by atoms with E-state index >= 15 is 0 Å². The van der Waals surface area contributed by atoms with Crippen molar-refractivity contribution in [1.82, 2.24) is 9.97 Å². The molecule has 0 bridgehead atoms. The molecule has 4 aliphatic rings. The van der Waals surface area contributed by atoms with Gasteiger partial charge in [0.25, 0.3) is 0 Å². The summed E-state index contributed by atoms with van der Waals surface area (Å²) in [5.74, 6) is 1.20. The molecule has 0 saturated heterocycles. The maximum Gasteiger partial charge on any atom is 0.160 e. The molecule has 202 valence electrons. The average Bonchev–Trinajstić information content (AvgIpc) is 3.49. The van der Waals surface area contributed by atoms with Crippen LogP contribution < -0.4 is 4.90 Å². The van der Waals surface area contributed by atoms with Crippen LogP contribution in [-0.2, 0) is 11.8 Å². The maximum absolute atomic E-state index is 5.39. The zero-order chi connectivity index (χ0) is 28.0. The summed E-state index contributed by atoms with van der Waals surface area (Å²) in [5.41, 5.74) is 14.7. The smallest absolute Gasteiger partial charge is 0.160 e. The van der Waals surface area contributed by atoms with Gasteiger partial charge in [0.15, 0.2) is 5.82 Å². The van der Waals surface area contributed by atoms with E-state index in [4.69, 9.17) is 9.97 Å². The summed E-state index contributed by atoms with van der Waals surface area (Å²) in [6.07, 6.45) is 16.0. The number of anilines is 2. The fraction of sp³-hybridized carbons (Fsp3) is 0.179. The highest BCUT2D eigenvalue weighted by molar-refractivity contribution is 5.91. The minimum absolute atomic E-state index is 0.0833. The van der Waals surface area contributed by atoms with Crippen LogP contribution in [0.5, 0.6) is 0 Å². The van der Waals surface area contributed by atoms with Crippen molar-refractivity contribution in [3.8, 4) is 22.4 Å². The third kappa shape index (κ3) is 3.22. The summed E-state index contributed by atoms with van der Waals surface area (Å²) in [6.45, 7) is 4.68. The van der Waals surface area contributed by atoms with Gasteiger partial charge in [0.2, 0.25) is 0 Å². The van der Waals surface area contributed by atoms with E-state index in [1.54, 1.807) is 0 Å². The molecule has 0 spiro atoms. The van der Waals surface area contributed by atoms with Gasteiger partial charge in [0.05, 0.1) is 17.1 Å².